The molecule has 19 heavy (non-hydrogen) atoms. The minimum absolute atomic E-state index is 0.0984. The van der Waals surface area contributed by atoms with Crippen LogP contribution in [-0.4, -0.2) is 36.1 Å². The van der Waals surface area contributed by atoms with Crippen LogP contribution in [0.15, 0.2) is 18.3 Å². The van der Waals surface area contributed by atoms with E-state index in [1.54, 1.807) is 26.0 Å². The average Bonchev–Trinajstić information content (AvgIpc) is 2.40. The molecule has 1 aromatic rings. The molecule has 0 saturated heterocycles. The molecule has 0 bridgehead atoms. The Balaban J connectivity index is 2.61. The third-order valence-corrected chi connectivity index (χ3v) is 2.38. The molecule has 1 amide bonds. The number of ether oxygens (including phenoxy) is 1. The zero-order valence-electron chi connectivity index (χ0n) is 11.4. The smallest absolute Gasteiger partial charge is 0.339 e. The van der Waals surface area contributed by atoms with Gasteiger partial charge in [0, 0.05) is 12.7 Å². The fourth-order valence-electron chi connectivity index (χ4n) is 1.43. The van der Waals surface area contributed by atoms with Gasteiger partial charge in [-0.1, -0.05) is 0 Å². The minimum atomic E-state index is -0.404. The first-order valence-corrected chi connectivity index (χ1v) is 6.25. The summed E-state index contributed by atoms with van der Waals surface area (Å²) in [6.45, 7) is 6.26. The summed E-state index contributed by atoms with van der Waals surface area (Å²) in [6, 6.07) is 2.86. The summed E-state index contributed by atoms with van der Waals surface area (Å²) in [6.07, 6.45) is 1.42. The second-order valence-electron chi connectivity index (χ2n) is 3.91. The van der Waals surface area contributed by atoms with Gasteiger partial charge in [0.25, 0.3) is 0 Å². The largest absolute Gasteiger partial charge is 0.462 e. The van der Waals surface area contributed by atoms with Gasteiger partial charge in [0.2, 0.25) is 5.91 Å². The fraction of sp³-hybridized carbons (Fsp3) is 0.462. The molecule has 1 heterocycles. The lowest BCUT2D eigenvalue weighted by atomic mass is 10.2. The van der Waals surface area contributed by atoms with Crippen LogP contribution in [0.25, 0.3) is 0 Å². The number of amides is 1. The van der Waals surface area contributed by atoms with E-state index in [0.29, 0.717) is 24.5 Å². The average molecular weight is 265 g/mol. The molecule has 0 fully saturated rings. The molecule has 1 unspecified atom stereocenters. The van der Waals surface area contributed by atoms with Crippen molar-refractivity contribution in [3.63, 3.8) is 0 Å². The molecule has 0 spiro atoms. The maximum atomic E-state index is 11.5. The van der Waals surface area contributed by atoms with Crippen molar-refractivity contribution in [1.82, 2.24) is 10.3 Å². The van der Waals surface area contributed by atoms with Crippen LogP contribution in [0.3, 0.4) is 0 Å². The van der Waals surface area contributed by atoms with Crippen molar-refractivity contribution in [3.8, 4) is 0 Å². The Hall–Kier alpha value is -2.11. The van der Waals surface area contributed by atoms with E-state index in [-0.39, 0.29) is 11.9 Å². The number of hydrogen-bond acceptors (Lipinski definition) is 5. The highest BCUT2D eigenvalue weighted by molar-refractivity contribution is 5.89. The van der Waals surface area contributed by atoms with Gasteiger partial charge in [-0.05, 0) is 32.9 Å². The van der Waals surface area contributed by atoms with E-state index in [4.69, 9.17) is 4.74 Å². The summed E-state index contributed by atoms with van der Waals surface area (Å²) in [5.41, 5.74) is 0.387. The highest BCUT2D eigenvalue weighted by Crippen LogP contribution is 2.07. The summed E-state index contributed by atoms with van der Waals surface area (Å²) in [4.78, 5) is 27.0. The van der Waals surface area contributed by atoms with E-state index >= 15 is 0 Å². The van der Waals surface area contributed by atoms with Crippen molar-refractivity contribution in [2.45, 2.75) is 26.8 Å². The molecule has 0 aromatic carbocycles. The number of nitrogens with zero attached hydrogens (tertiary/aromatic N) is 1. The molecule has 0 aliphatic carbocycles. The normalized spacial score (nSPS) is 11.5. The van der Waals surface area contributed by atoms with Crippen molar-refractivity contribution < 1.29 is 14.3 Å². The predicted octanol–water partition coefficient (Wildman–Crippen LogP) is 1.19. The van der Waals surface area contributed by atoms with Crippen LogP contribution in [0, 0.1) is 0 Å². The topological polar surface area (TPSA) is 80.3 Å². The number of likely N-dealkylation sites (N-methyl/N-ethyl adjacent to an activating group) is 1. The Labute approximate surface area is 112 Å². The number of anilines is 1. The molecule has 0 aliphatic rings. The Kier molecular flexibility index (Phi) is 5.78. The monoisotopic (exact) mass is 265 g/mol. The maximum absolute atomic E-state index is 11.5. The van der Waals surface area contributed by atoms with E-state index in [1.807, 2.05) is 6.92 Å². The van der Waals surface area contributed by atoms with Gasteiger partial charge in [0.05, 0.1) is 12.2 Å². The molecular formula is C13H19N3O3. The number of pyridine rings is 1. The molecule has 1 rings (SSSR count). The molecule has 6 nitrogen and oxygen atoms in total. The summed E-state index contributed by atoms with van der Waals surface area (Å²) < 4.78 is 4.86. The van der Waals surface area contributed by atoms with Gasteiger partial charge in [-0.25, -0.2) is 9.78 Å². The molecule has 1 aromatic heterocycles. The van der Waals surface area contributed by atoms with Gasteiger partial charge < -0.3 is 15.4 Å². The molecule has 6 heteroatoms. The maximum Gasteiger partial charge on any atom is 0.339 e. The second-order valence-corrected chi connectivity index (χ2v) is 3.91. The molecule has 1 atom stereocenters. The predicted molar refractivity (Wildman–Crippen MR) is 72.0 cm³/mol. The lowest BCUT2D eigenvalue weighted by molar-refractivity contribution is -0.121. The summed E-state index contributed by atoms with van der Waals surface area (Å²) in [7, 11) is 0. The molecule has 0 aliphatic heterocycles. The standard InChI is InChI=1S/C13H19N3O3/c1-4-14-12(17)9(3)16-11-7-6-10(8-15-11)13(18)19-5-2/h6-9H,4-5H2,1-3H3,(H,14,17)(H,15,16). The first-order chi connectivity index (χ1) is 9.08. The highest BCUT2D eigenvalue weighted by atomic mass is 16.5. The van der Waals surface area contributed by atoms with Gasteiger partial charge in [-0.2, -0.15) is 0 Å². The lowest BCUT2D eigenvalue weighted by Gasteiger charge is -2.13. The third kappa shape index (κ3) is 4.57. The summed E-state index contributed by atoms with van der Waals surface area (Å²) in [5.74, 6) is 0.0314. The van der Waals surface area contributed by atoms with Gasteiger partial charge in [-0.3, -0.25) is 4.79 Å². The van der Waals surface area contributed by atoms with Crippen molar-refractivity contribution in [2.75, 3.05) is 18.5 Å². The van der Waals surface area contributed by atoms with Gasteiger partial charge in [0.15, 0.2) is 0 Å². The minimum Gasteiger partial charge on any atom is -0.462 e. The van der Waals surface area contributed by atoms with E-state index in [2.05, 4.69) is 15.6 Å². The summed E-state index contributed by atoms with van der Waals surface area (Å²) >= 11 is 0. The van der Waals surface area contributed by atoms with Gasteiger partial charge in [0.1, 0.15) is 11.9 Å². The van der Waals surface area contributed by atoms with Crippen LogP contribution >= 0.6 is 0 Å². The number of esters is 1. The Morgan fingerprint density at radius 3 is 2.63 bits per heavy atom. The number of nitrogens with one attached hydrogen (secondary N) is 2. The first-order valence-electron chi connectivity index (χ1n) is 6.25. The van der Waals surface area contributed by atoms with Crippen molar-refractivity contribution in [1.29, 1.82) is 0 Å². The van der Waals surface area contributed by atoms with Crippen LogP contribution in [0.5, 0.6) is 0 Å². The van der Waals surface area contributed by atoms with Crippen molar-refractivity contribution in [2.24, 2.45) is 0 Å². The van der Waals surface area contributed by atoms with Crippen LogP contribution in [-0.2, 0) is 9.53 Å². The van der Waals surface area contributed by atoms with Crippen molar-refractivity contribution >= 4 is 17.7 Å². The Morgan fingerprint density at radius 2 is 2.11 bits per heavy atom. The van der Waals surface area contributed by atoms with Gasteiger partial charge >= 0.3 is 5.97 Å². The molecule has 104 valence electrons. The van der Waals surface area contributed by atoms with E-state index in [1.165, 1.54) is 6.20 Å². The number of carbonyl (C=O) groups is 2. The fourth-order valence-corrected chi connectivity index (χ4v) is 1.43. The van der Waals surface area contributed by atoms with E-state index in [9.17, 15) is 9.59 Å². The zero-order valence-corrected chi connectivity index (χ0v) is 11.4. The number of hydrogen-bond donors (Lipinski definition) is 2. The lowest BCUT2D eigenvalue weighted by Crippen LogP contribution is -2.37. The number of rotatable bonds is 6. The van der Waals surface area contributed by atoms with Crippen LogP contribution in [0.4, 0.5) is 5.82 Å². The second kappa shape index (κ2) is 7.35. The third-order valence-electron chi connectivity index (χ3n) is 2.38. The molecule has 0 radical (unpaired) electrons. The van der Waals surface area contributed by atoms with Crippen LogP contribution in [0.2, 0.25) is 0 Å². The highest BCUT2D eigenvalue weighted by Gasteiger charge is 2.12. The van der Waals surface area contributed by atoms with E-state index < -0.39 is 5.97 Å². The SMILES string of the molecule is CCNC(=O)C(C)Nc1ccc(C(=O)OCC)cn1. The van der Waals surface area contributed by atoms with Crippen LogP contribution < -0.4 is 10.6 Å². The van der Waals surface area contributed by atoms with Crippen molar-refractivity contribution in [3.05, 3.63) is 23.9 Å². The summed E-state index contributed by atoms with van der Waals surface area (Å²) in [5, 5.41) is 5.66. The van der Waals surface area contributed by atoms with Gasteiger partial charge in [-0.15, -0.1) is 0 Å². The molecular weight excluding hydrogens is 246 g/mol. The number of carbonyl (C=O) groups excluding carboxylic acids is 2. The van der Waals surface area contributed by atoms with Crippen LogP contribution in [0.1, 0.15) is 31.1 Å². The van der Waals surface area contributed by atoms with E-state index in [0.717, 1.165) is 0 Å². The Bertz CT molecular complexity index is 431. The molecule has 0 saturated carbocycles. The molecule has 2 N–H and O–H groups in total. The first kappa shape index (κ1) is 14.9. The quantitative estimate of drug-likeness (QED) is 0.755. The number of aromatic nitrogens is 1. The Morgan fingerprint density at radius 1 is 1.37 bits per heavy atom. The zero-order chi connectivity index (χ0) is 14.3.